The van der Waals surface area contributed by atoms with E-state index in [1.807, 2.05) is 24.3 Å². The molecule has 1 atom stereocenters. The molecule has 0 bridgehead atoms. The smallest absolute Gasteiger partial charge is 0.343 e. The zero-order chi connectivity index (χ0) is 29.3. The quantitative estimate of drug-likeness (QED) is 0.0956. The third-order valence-electron chi connectivity index (χ3n) is 7.03. The van der Waals surface area contributed by atoms with Crippen molar-refractivity contribution in [3.63, 3.8) is 0 Å². The predicted octanol–water partition coefficient (Wildman–Crippen LogP) is 9.10. The van der Waals surface area contributed by atoms with Gasteiger partial charge in [-0.1, -0.05) is 72.1 Å². The van der Waals surface area contributed by atoms with Crippen LogP contribution in [0.4, 0.5) is 5.69 Å². The first kappa shape index (κ1) is 31.7. The predicted molar refractivity (Wildman–Crippen MR) is 165 cm³/mol. The highest BCUT2D eigenvalue weighted by Gasteiger charge is 2.11. The van der Waals surface area contributed by atoms with Gasteiger partial charge in [-0.25, -0.2) is 4.79 Å². The fraction of sp³-hybridized carbons (Fsp3) is 0.429. The summed E-state index contributed by atoms with van der Waals surface area (Å²) < 4.78 is 17.1. The molecule has 0 aromatic heterocycles. The summed E-state index contributed by atoms with van der Waals surface area (Å²) in [5, 5.41) is 2.87. The molecule has 0 aliphatic rings. The molecule has 0 aliphatic heterocycles. The first-order valence-electron chi connectivity index (χ1n) is 15.1. The standard InChI is InChI=1S/C35H45NO5/c1-4-6-7-8-9-10-11-12-25-39-31-19-15-29(16-20-31)35(38)41-33-21-13-28(14-22-33)34(37)36-30-17-23-32(24-18-30)40-26-27(3)5-2/h13-24,27H,4-12,25-26H2,1-3H3,(H,36,37). The lowest BCUT2D eigenvalue weighted by Crippen LogP contribution is -2.12. The van der Waals surface area contributed by atoms with Crippen LogP contribution < -0.4 is 19.5 Å². The molecule has 3 aromatic rings. The van der Waals surface area contributed by atoms with Crippen LogP contribution >= 0.6 is 0 Å². The number of amides is 1. The van der Waals surface area contributed by atoms with Gasteiger partial charge in [0.15, 0.2) is 0 Å². The van der Waals surface area contributed by atoms with Crippen molar-refractivity contribution in [3.05, 3.63) is 83.9 Å². The molecule has 220 valence electrons. The molecule has 1 N–H and O–H groups in total. The molecule has 3 aromatic carbocycles. The van der Waals surface area contributed by atoms with Gasteiger partial charge in [-0.15, -0.1) is 0 Å². The van der Waals surface area contributed by atoms with Crippen LogP contribution in [0, 0.1) is 5.92 Å². The first-order valence-corrected chi connectivity index (χ1v) is 15.1. The molecule has 0 saturated heterocycles. The number of carbonyl (C=O) groups excluding carboxylic acids is 2. The van der Waals surface area contributed by atoms with Crippen molar-refractivity contribution >= 4 is 17.6 Å². The molecule has 6 nitrogen and oxygen atoms in total. The molecule has 0 fully saturated rings. The third-order valence-corrected chi connectivity index (χ3v) is 7.03. The Balaban J connectivity index is 1.39. The van der Waals surface area contributed by atoms with Crippen LogP contribution in [0.5, 0.6) is 17.2 Å². The second-order valence-corrected chi connectivity index (χ2v) is 10.6. The highest BCUT2D eigenvalue weighted by Crippen LogP contribution is 2.20. The summed E-state index contributed by atoms with van der Waals surface area (Å²) in [5.74, 6) is 1.66. The number of hydrogen-bond donors (Lipinski definition) is 1. The number of unbranched alkanes of at least 4 members (excludes halogenated alkanes) is 7. The van der Waals surface area contributed by atoms with Crippen LogP contribution in [-0.2, 0) is 0 Å². The molecule has 3 rings (SSSR count). The van der Waals surface area contributed by atoms with E-state index < -0.39 is 5.97 Å². The van der Waals surface area contributed by atoms with Crippen LogP contribution in [0.25, 0.3) is 0 Å². The van der Waals surface area contributed by atoms with Gasteiger partial charge in [0.2, 0.25) is 0 Å². The second kappa shape index (κ2) is 17.8. The zero-order valence-electron chi connectivity index (χ0n) is 24.8. The van der Waals surface area contributed by atoms with Gasteiger partial charge in [-0.3, -0.25) is 4.79 Å². The van der Waals surface area contributed by atoms with Crippen LogP contribution in [0.1, 0.15) is 99.3 Å². The molecule has 41 heavy (non-hydrogen) atoms. The van der Waals surface area contributed by atoms with E-state index in [0.717, 1.165) is 24.3 Å². The van der Waals surface area contributed by atoms with Gasteiger partial charge < -0.3 is 19.5 Å². The maximum atomic E-state index is 12.7. The van der Waals surface area contributed by atoms with Gasteiger partial charge in [0, 0.05) is 11.3 Å². The minimum atomic E-state index is -0.465. The molecule has 0 saturated carbocycles. The number of ether oxygens (including phenoxy) is 3. The summed E-state index contributed by atoms with van der Waals surface area (Å²) >= 11 is 0. The number of anilines is 1. The molecule has 1 unspecified atom stereocenters. The number of esters is 1. The first-order chi connectivity index (χ1) is 20.0. The summed E-state index contributed by atoms with van der Waals surface area (Å²) in [6.07, 6.45) is 11.1. The summed E-state index contributed by atoms with van der Waals surface area (Å²) in [6, 6.07) is 20.8. The lowest BCUT2D eigenvalue weighted by atomic mass is 10.1. The van der Waals surface area contributed by atoms with E-state index in [1.54, 1.807) is 48.5 Å². The van der Waals surface area contributed by atoms with Crippen molar-refractivity contribution in [3.8, 4) is 17.2 Å². The van der Waals surface area contributed by atoms with Gasteiger partial charge in [0.1, 0.15) is 17.2 Å². The Bertz CT molecular complexity index is 1170. The summed E-state index contributed by atoms with van der Waals surface area (Å²) in [7, 11) is 0. The van der Waals surface area contributed by atoms with Gasteiger partial charge in [0.25, 0.3) is 5.91 Å². The Hall–Kier alpha value is -3.80. The van der Waals surface area contributed by atoms with E-state index in [2.05, 4.69) is 26.1 Å². The molecule has 1 amide bonds. The van der Waals surface area contributed by atoms with Crippen molar-refractivity contribution in [1.82, 2.24) is 0 Å². The van der Waals surface area contributed by atoms with E-state index in [-0.39, 0.29) is 5.91 Å². The van der Waals surface area contributed by atoms with Crippen LogP contribution in [0.2, 0.25) is 0 Å². The van der Waals surface area contributed by atoms with Crippen molar-refractivity contribution in [2.24, 2.45) is 5.92 Å². The van der Waals surface area contributed by atoms with E-state index in [4.69, 9.17) is 14.2 Å². The van der Waals surface area contributed by atoms with Crippen LogP contribution in [-0.4, -0.2) is 25.1 Å². The summed E-state index contributed by atoms with van der Waals surface area (Å²) in [6.45, 7) is 7.86. The average molecular weight is 560 g/mol. The third kappa shape index (κ3) is 11.7. The summed E-state index contributed by atoms with van der Waals surface area (Å²) in [5.41, 5.74) is 1.56. The molecular formula is C35H45NO5. The topological polar surface area (TPSA) is 73.9 Å². The largest absolute Gasteiger partial charge is 0.494 e. The lowest BCUT2D eigenvalue weighted by Gasteiger charge is -2.12. The lowest BCUT2D eigenvalue weighted by molar-refractivity contribution is 0.0734. The van der Waals surface area contributed by atoms with Gasteiger partial charge in [-0.2, -0.15) is 0 Å². The van der Waals surface area contributed by atoms with Gasteiger partial charge in [-0.05, 0) is 85.1 Å². The number of rotatable bonds is 18. The Morgan fingerprint density at radius 1 is 0.659 bits per heavy atom. The van der Waals surface area contributed by atoms with Gasteiger partial charge in [0.05, 0.1) is 18.8 Å². The number of carbonyl (C=O) groups is 2. The monoisotopic (exact) mass is 559 g/mol. The van der Waals surface area contributed by atoms with Crippen LogP contribution in [0.3, 0.4) is 0 Å². The molecule has 0 aliphatic carbocycles. The second-order valence-electron chi connectivity index (χ2n) is 10.6. The number of benzene rings is 3. The molecule has 0 spiro atoms. The van der Waals surface area contributed by atoms with Crippen molar-refractivity contribution in [2.45, 2.75) is 78.6 Å². The maximum absolute atomic E-state index is 12.7. The van der Waals surface area contributed by atoms with E-state index in [1.165, 1.54) is 44.9 Å². The summed E-state index contributed by atoms with van der Waals surface area (Å²) in [4.78, 5) is 25.2. The Labute approximate surface area is 245 Å². The van der Waals surface area contributed by atoms with Gasteiger partial charge >= 0.3 is 5.97 Å². The highest BCUT2D eigenvalue weighted by molar-refractivity contribution is 6.04. The van der Waals surface area contributed by atoms with Crippen molar-refractivity contribution in [1.29, 1.82) is 0 Å². The normalized spacial score (nSPS) is 11.5. The SMILES string of the molecule is CCCCCCCCCCOc1ccc(C(=O)Oc2ccc(C(=O)Nc3ccc(OCC(C)CC)cc3)cc2)cc1. The van der Waals surface area contributed by atoms with Crippen molar-refractivity contribution < 1.29 is 23.8 Å². The number of nitrogens with one attached hydrogen (secondary N) is 1. The fourth-order valence-electron chi connectivity index (χ4n) is 4.15. The molecule has 0 heterocycles. The average Bonchev–Trinajstić information content (AvgIpc) is 3.00. The van der Waals surface area contributed by atoms with E-state index in [9.17, 15) is 9.59 Å². The molecule has 0 radical (unpaired) electrons. The zero-order valence-corrected chi connectivity index (χ0v) is 24.8. The van der Waals surface area contributed by atoms with E-state index >= 15 is 0 Å². The van der Waals surface area contributed by atoms with Crippen molar-refractivity contribution in [2.75, 3.05) is 18.5 Å². The minimum absolute atomic E-state index is 0.251. The Morgan fingerprint density at radius 2 is 1.20 bits per heavy atom. The molecule has 6 heteroatoms. The molecular weight excluding hydrogens is 514 g/mol. The Morgan fingerprint density at radius 3 is 1.83 bits per heavy atom. The van der Waals surface area contributed by atoms with Crippen LogP contribution in [0.15, 0.2) is 72.8 Å². The minimum Gasteiger partial charge on any atom is -0.494 e. The maximum Gasteiger partial charge on any atom is 0.343 e. The van der Waals surface area contributed by atoms with E-state index in [0.29, 0.717) is 41.7 Å². The highest BCUT2D eigenvalue weighted by atomic mass is 16.5. The Kier molecular flexibility index (Phi) is 13.8. The number of hydrogen-bond acceptors (Lipinski definition) is 5. The fourth-order valence-corrected chi connectivity index (χ4v) is 4.15.